The Hall–Kier alpha value is -2.19. The molecule has 4 nitrogen and oxygen atoms in total. The van der Waals surface area contributed by atoms with Gasteiger partial charge >= 0.3 is 0 Å². The summed E-state index contributed by atoms with van der Waals surface area (Å²) in [7, 11) is 0. The van der Waals surface area contributed by atoms with Crippen LogP contribution in [0.4, 0.5) is 27.8 Å². The first kappa shape index (κ1) is 15.2. The number of hydrogen-bond acceptors (Lipinski definition) is 3. The lowest BCUT2D eigenvalue weighted by Crippen LogP contribution is -2.14. The minimum atomic E-state index is -2.20. The molecule has 0 unspecified atom stereocenters. The summed E-state index contributed by atoms with van der Waals surface area (Å²) in [5, 5.41) is 7.11. The molecule has 2 rings (SSSR count). The highest BCUT2D eigenvalue weighted by Crippen LogP contribution is 2.26. The smallest absolute Gasteiger partial charge is 0.200 e. The maximum absolute atomic E-state index is 13.6. The molecule has 2 N–H and O–H groups in total. The molecule has 0 bridgehead atoms. The van der Waals surface area contributed by atoms with E-state index in [9.17, 15) is 22.0 Å². The van der Waals surface area contributed by atoms with E-state index in [4.69, 9.17) is 5.73 Å². The van der Waals surface area contributed by atoms with Gasteiger partial charge in [0.2, 0.25) is 5.82 Å². The molecule has 0 atom stereocenters. The van der Waals surface area contributed by atoms with Crippen molar-refractivity contribution in [3.05, 3.63) is 40.3 Å². The fraction of sp³-hybridized carbons (Fsp3) is 0.333. The van der Waals surface area contributed by atoms with Crippen LogP contribution in [0.3, 0.4) is 0 Å². The van der Waals surface area contributed by atoms with Crippen molar-refractivity contribution in [2.75, 3.05) is 5.73 Å². The molecule has 0 aliphatic carbocycles. The lowest BCUT2D eigenvalue weighted by Gasteiger charge is -2.12. The zero-order chi connectivity index (χ0) is 15.9. The molecule has 1 aromatic carbocycles. The molecule has 0 saturated carbocycles. The van der Waals surface area contributed by atoms with E-state index >= 15 is 0 Å². The van der Waals surface area contributed by atoms with Crippen LogP contribution in [0.5, 0.6) is 0 Å². The molecule has 0 fully saturated rings. The normalized spacial score (nSPS) is 11.4. The lowest BCUT2D eigenvalue weighted by molar-refractivity contribution is 0.365. The molecule has 0 amide bonds. The molecule has 0 saturated heterocycles. The Morgan fingerprint density at radius 2 is 1.43 bits per heavy atom. The minimum Gasteiger partial charge on any atom is -0.381 e. The molecule has 9 heteroatoms. The summed E-state index contributed by atoms with van der Waals surface area (Å²) < 4.78 is 67.5. The van der Waals surface area contributed by atoms with Crippen LogP contribution in [0, 0.1) is 29.1 Å². The van der Waals surface area contributed by atoms with E-state index in [2.05, 4.69) is 10.3 Å². The standard InChI is InChI=1S/C12H11F5N4/c1-4(2)11-12(18)19-20-21(11)3-5-6(13)8(15)10(17)9(16)7(5)14/h4H,3,18H2,1-2H3. The van der Waals surface area contributed by atoms with Crippen LogP contribution >= 0.6 is 0 Å². The molecule has 0 aliphatic heterocycles. The molecular weight excluding hydrogens is 295 g/mol. The quantitative estimate of drug-likeness (QED) is 0.539. The van der Waals surface area contributed by atoms with Crippen LogP contribution in [0.15, 0.2) is 0 Å². The molecular formula is C12H11F5N4. The van der Waals surface area contributed by atoms with Crippen LogP contribution in [0.1, 0.15) is 31.0 Å². The number of anilines is 1. The van der Waals surface area contributed by atoms with Gasteiger partial charge < -0.3 is 5.73 Å². The van der Waals surface area contributed by atoms with Gasteiger partial charge in [0.1, 0.15) is 0 Å². The summed E-state index contributed by atoms with van der Waals surface area (Å²) in [5.74, 6) is -10.1. The van der Waals surface area contributed by atoms with Gasteiger partial charge in [-0.05, 0) is 5.92 Å². The third-order valence-corrected chi connectivity index (χ3v) is 2.96. The molecule has 0 radical (unpaired) electrons. The maximum atomic E-state index is 13.6. The van der Waals surface area contributed by atoms with E-state index in [-0.39, 0.29) is 11.7 Å². The molecule has 21 heavy (non-hydrogen) atoms. The molecule has 0 spiro atoms. The van der Waals surface area contributed by atoms with Crippen molar-refractivity contribution >= 4 is 5.82 Å². The highest BCUT2D eigenvalue weighted by Gasteiger charge is 2.27. The summed E-state index contributed by atoms with van der Waals surface area (Å²) in [6.45, 7) is 2.79. The molecule has 2 aromatic rings. The third-order valence-electron chi connectivity index (χ3n) is 2.96. The summed E-state index contributed by atoms with van der Waals surface area (Å²) in [6, 6.07) is 0. The van der Waals surface area contributed by atoms with Gasteiger partial charge in [0, 0.05) is 0 Å². The molecule has 0 aliphatic rings. The Bertz CT molecular complexity index is 666. The predicted molar refractivity (Wildman–Crippen MR) is 63.9 cm³/mol. The maximum Gasteiger partial charge on any atom is 0.200 e. The van der Waals surface area contributed by atoms with Crippen LogP contribution in [-0.2, 0) is 6.54 Å². The van der Waals surface area contributed by atoms with Crippen molar-refractivity contribution < 1.29 is 22.0 Å². The molecule has 114 valence electrons. The Morgan fingerprint density at radius 3 is 1.90 bits per heavy atom. The number of nitrogens with two attached hydrogens (primary N) is 1. The molecule has 1 aromatic heterocycles. The van der Waals surface area contributed by atoms with Gasteiger partial charge in [-0.2, -0.15) is 0 Å². The Morgan fingerprint density at radius 1 is 0.952 bits per heavy atom. The second kappa shape index (κ2) is 5.30. The Balaban J connectivity index is 2.56. The topological polar surface area (TPSA) is 56.7 Å². The lowest BCUT2D eigenvalue weighted by atomic mass is 10.1. The average Bonchev–Trinajstić information content (AvgIpc) is 2.80. The van der Waals surface area contributed by atoms with Crippen molar-refractivity contribution in [2.24, 2.45) is 0 Å². The zero-order valence-electron chi connectivity index (χ0n) is 11.1. The van der Waals surface area contributed by atoms with Gasteiger partial charge in [-0.1, -0.05) is 19.1 Å². The Kier molecular flexibility index (Phi) is 3.84. The van der Waals surface area contributed by atoms with Crippen molar-refractivity contribution in [1.82, 2.24) is 15.0 Å². The number of nitrogens with zero attached hydrogens (tertiary/aromatic N) is 3. The summed E-state index contributed by atoms with van der Waals surface area (Å²) in [5.41, 5.74) is 4.92. The number of aromatic nitrogens is 3. The number of nitrogen functional groups attached to an aromatic ring is 1. The van der Waals surface area contributed by atoms with Crippen LogP contribution in [0.25, 0.3) is 0 Å². The van der Waals surface area contributed by atoms with E-state index in [0.717, 1.165) is 4.68 Å². The SMILES string of the molecule is CC(C)c1c(N)nnn1Cc1c(F)c(F)c(F)c(F)c1F. The number of rotatable bonds is 3. The van der Waals surface area contributed by atoms with E-state index < -0.39 is 41.2 Å². The van der Waals surface area contributed by atoms with Crippen molar-refractivity contribution in [1.29, 1.82) is 0 Å². The summed E-state index contributed by atoms with van der Waals surface area (Å²) >= 11 is 0. The van der Waals surface area contributed by atoms with Gasteiger partial charge in [0.05, 0.1) is 17.8 Å². The fourth-order valence-corrected chi connectivity index (χ4v) is 1.98. The second-order valence-corrected chi connectivity index (χ2v) is 4.72. The number of benzene rings is 1. The van der Waals surface area contributed by atoms with Crippen LogP contribution < -0.4 is 5.73 Å². The van der Waals surface area contributed by atoms with Gasteiger partial charge in [-0.15, -0.1) is 5.10 Å². The fourth-order valence-electron chi connectivity index (χ4n) is 1.98. The van der Waals surface area contributed by atoms with E-state index in [1.54, 1.807) is 13.8 Å². The largest absolute Gasteiger partial charge is 0.381 e. The number of hydrogen-bond donors (Lipinski definition) is 1. The summed E-state index contributed by atoms with van der Waals surface area (Å²) in [4.78, 5) is 0. The van der Waals surface area contributed by atoms with Crippen molar-refractivity contribution in [2.45, 2.75) is 26.3 Å². The minimum absolute atomic E-state index is 0.0360. The van der Waals surface area contributed by atoms with Crippen molar-refractivity contribution in [3.8, 4) is 0 Å². The van der Waals surface area contributed by atoms with Gasteiger partial charge in [-0.25, -0.2) is 26.6 Å². The first-order valence-electron chi connectivity index (χ1n) is 5.94. The highest BCUT2D eigenvalue weighted by atomic mass is 19.2. The third kappa shape index (κ3) is 2.43. The zero-order valence-corrected chi connectivity index (χ0v) is 11.1. The van der Waals surface area contributed by atoms with E-state index in [1.807, 2.05) is 0 Å². The van der Waals surface area contributed by atoms with Crippen LogP contribution in [0.2, 0.25) is 0 Å². The summed E-state index contributed by atoms with van der Waals surface area (Å²) in [6.07, 6.45) is 0. The van der Waals surface area contributed by atoms with Crippen molar-refractivity contribution in [3.63, 3.8) is 0 Å². The average molecular weight is 306 g/mol. The van der Waals surface area contributed by atoms with Gasteiger partial charge in [-0.3, -0.25) is 0 Å². The van der Waals surface area contributed by atoms with Crippen LogP contribution in [-0.4, -0.2) is 15.0 Å². The monoisotopic (exact) mass is 306 g/mol. The predicted octanol–water partition coefficient (Wildman–Crippen LogP) is 2.73. The van der Waals surface area contributed by atoms with E-state index in [0.29, 0.717) is 5.69 Å². The number of halogens is 5. The first-order chi connectivity index (χ1) is 9.75. The first-order valence-corrected chi connectivity index (χ1v) is 5.94. The molecule has 1 heterocycles. The van der Waals surface area contributed by atoms with E-state index in [1.165, 1.54) is 0 Å². The highest BCUT2D eigenvalue weighted by molar-refractivity contribution is 5.36. The van der Waals surface area contributed by atoms with Gasteiger partial charge in [0.25, 0.3) is 0 Å². The van der Waals surface area contributed by atoms with Gasteiger partial charge in [0.15, 0.2) is 29.1 Å². The second-order valence-electron chi connectivity index (χ2n) is 4.72. The Labute approximate surface area is 116 Å².